The summed E-state index contributed by atoms with van der Waals surface area (Å²) in [6.07, 6.45) is 0. The maximum Gasteiger partial charge on any atom is 0.0615 e. The average molecular weight is 286 g/mol. The monoisotopic (exact) mass is 285 g/mol. The number of hydrogen-bond donors (Lipinski definition) is 0. The second-order valence-electron chi connectivity index (χ2n) is 3.96. The fourth-order valence-corrected chi connectivity index (χ4v) is 2.18. The van der Waals surface area contributed by atoms with E-state index in [0.717, 1.165) is 19.7 Å². The third kappa shape index (κ3) is 3.89. The fraction of sp³-hybridized carbons (Fsp3) is 0.538. The molecule has 0 radical (unpaired) electrons. The van der Waals surface area contributed by atoms with Gasteiger partial charge in [0.05, 0.1) is 6.61 Å². The lowest BCUT2D eigenvalue weighted by Crippen LogP contribution is -2.35. The molecule has 0 N–H and O–H groups in total. The van der Waals surface area contributed by atoms with Gasteiger partial charge in [0.15, 0.2) is 0 Å². The Balaban J connectivity index is 2.66. The molecule has 1 aromatic carbocycles. The Morgan fingerprint density at radius 3 is 2.62 bits per heavy atom. The van der Waals surface area contributed by atoms with Crippen molar-refractivity contribution in [2.45, 2.75) is 26.4 Å². The number of methoxy groups -OCH3 is 1. The predicted octanol–water partition coefficient (Wildman–Crippen LogP) is 3.31. The summed E-state index contributed by atoms with van der Waals surface area (Å²) < 4.78 is 6.38. The van der Waals surface area contributed by atoms with Crippen LogP contribution in [0.4, 0.5) is 0 Å². The fourth-order valence-electron chi connectivity index (χ4n) is 1.77. The van der Waals surface area contributed by atoms with Gasteiger partial charge in [-0.3, -0.25) is 4.90 Å². The summed E-state index contributed by atoms with van der Waals surface area (Å²) in [5.41, 5.74) is 1.33. The van der Waals surface area contributed by atoms with E-state index in [0.29, 0.717) is 6.04 Å². The third-order valence-electron chi connectivity index (χ3n) is 2.77. The number of hydrogen-bond acceptors (Lipinski definition) is 2. The zero-order chi connectivity index (χ0) is 12.0. The lowest BCUT2D eigenvalue weighted by molar-refractivity contribution is 0.0981. The molecule has 90 valence electrons. The van der Waals surface area contributed by atoms with Crippen LogP contribution in [0.5, 0.6) is 0 Å². The zero-order valence-electron chi connectivity index (χ0n) is 10.2. The Kier molecular flexibility index (Phi) is 6.03. The van der Waals surface area contributed by atoms with E-state index in [-0.39, 0.29) is 0 Å². The summed E-state index contributed by atoms with van der Waals surface area (Å²) in [6, 6.07) is 8.82. The van der Waals surface area contributed by atoms with Crippen LogP contribution in [0, 0.1) is 0 Å². The second-order valence-corrected chi connectivity index (χ2v) is 4.81. The van der Waals surface area contributed by atoms with Gasteiger partial charge in [0.25, 0.3) is 0 Å². The van der Waals surface area contributed by atoms with Gasteiger partial charge >= 0.3 is 0 Å². The first-order valence-corrected chi connectivity index (χ1v) is 6.44. The lowest BCUT2D eigenvalue weighted by Gasteiger charge is -2.27. The molecule has 16 heavy (non-hydrogen) atoms. The summed E-state index contributed by atoms with van der Waals surface area (Å²) in [6.45, 7) is 7.15. The molecule has 3 heteroatoms. The first-order valence-electron chi connectivity index (χ1n) is 5.65. The minimum absolute atomic E-state index is 0.446. The summed E-state index contributed by atoms with van der Waals surface area (Å²) >= 11 is 3.58. The number of nitrogens with zero attached hydrogens (tertiary/aromatic N) is 1. The van der Waals surface area contributed by atoms with Crippen molar-refractivity contribution in [2.24, 2.45) is 0 Å². The lowest BCUT2D eigenvalue weighted by atomic mass is 10.2. The third-order valence-corrected chi connectivity index (χ3v) is 3.54. The molecule has 0 saturated carbocycles. The van der Waals surface area contributed by atoms with Crippen LogP contribution >= 0.6 is 15.9 Å². The van der Waals surface area contributed by atoms with E-state index in [1.165, 1.54) is 10.0 Å². The molecule has 1 atom stereocenters. The van der Waals surface area contributed by atoms with Crippen LogP contribution in [0.15, 0.2) is 28.7 Å². The molecule has 0 bridgehead atoms. The molecule has 1 unspecified atom stereocenters. The highest BCUT2D eigenvalue weighted by Gasteiger charge is 2.13. The predicted molar refractivity (Wildman–Crippen MR) is 71.6 cm³/mol. The van der Waals surface area contributed by atoms with Gasteiger partial charge in [0.1, 0.15) is 0 Å². The highest BCUT2D eigenvalue weighted by Crippen LogP contribution is 2.18. The summed E-state index contributed by atoms with van der Waals surface area (Å²) in [7, 11) is 1.75. The van der Waals surface area contributed by atoms with Crippen LogP contribution in [0.1, 0.15) is 19.4 Å². The van der Waals surface area contributed by atoms with E-state index in [1.807, 2.05) is 6.07 Å². The van der Waals surface area contributed by atoms with Gasteiger partial charge in [-0.15, -0.1) is 0 Å². The average Bonchev–Trinajstić information content (AvgIpc) is 2.28. The van der Waals surface area contributed by atoms with Crippen molar-refractivity contribution in [2.75, 3.05) is 20.3 Å². The van der Waals surface area contributed by atoms with Gasteiger partial charge in [0.2, 0.25) is 0 Å². The Hall–Kier alpha value is -0.380. The maximum absolute atomic E-state index is 5.20. The molecule has 0 aliphatic heterocycles. The minimum Gasteiger partial charge on any atom is -0.383 e. The molecule has 1 rings (SSSR count). The van der Waals surface area contributed by atoms with Crippen molar-refractivity contribution in [3.05, 3.63) is 34.3 Å². The smallest absolute Gasteiger partial charge is 0.0615 e. The van der Waals surface area contributed by atoms with Crippen LogP contribution in [0.25, 0.3) is 0 Å². The highest BCUT2D eigenvalue weighted by molar-refractivity contribution is 9.10. The van der Waals surface area contributed by atoms with Gasteiger partial charge in [-0.05, 0) is 25.1 Å². The van der Waals surface area contributed by atoms with E-state index >= 15 is 0 Å². The van der Waals surface area contributed by atoms with Gasteiger partial charge in [-0.2, -0.15) is 0 Å². The number of rotatable bonds is 6. The molecule has 0 spiro atoms. The zero-order valence-corrected chi connectivity index (χ0v) is 11.8. The molecule has 1 aromatic rings. The molecular formula is C13H20BrNO. The minimum atomic E-state index is 0.446. The van der Waals surface area contributed by atoms with Gasteiger partial charge in [-0.25, -0.2) is 0 Å². The molecule has 0 aliphatic rings. The van der Waals surface area contributed by atoms with Crippen molar-refractivity contribution in [3.63, 3.8) is 0 Å². The highest BCUT2D eigenvalue weighted by atomic mass is 79.9. The summed E-state index contributed by atoms with van der Waals surface area (Å²) in [5.74, 6) is 0. The number of ether oxygens (including phenoxy) is 1. The van der Waals surface area contributed by atoms with Crippen LogP contribution in [0.2, 0.25) is 0 Å². The van der Waals surface area contributed by atoms with E-state index in [2.05, 4.69) is 52.9 Å². The molecule has 0 fully saturated rings. The largest absolute Gasteiger partial charge is 0.383 e. The standard InChI is InChI=1S/C13H20BrNO/c1-4-15(11(2)10-16-3)9-12-7-5-6-8-13(12)14/h5-8,11H,4,9-10H2,1-3H3. The Bertz CT molecular complexity index is 317. The first-order chi connectivity index (χ1) is 7.69. The van der Waals surface area contributed by atoms with Crippen LogP contribution in [-0.2, 0) is 11.3 Å². The molecule has 0 saturated heterocycles. The van der Waals surface area contributed by atoms with Crippen molar-refractivity contribution in [3.8, 4) is 0 Å². The van der Waals surface area contributed by atoms with E-state index in [1.54, 1.807) is 7.11 Å². The van der Waals surface area contributed by atoms with Gasteiger partial charge in [0, 0.05) is 24.2 Å². The Morgan fingerprint density at radius 1 is 1.38 bits per heavy atom. The van der Waals surface area contributed by atoms with Crippen molar-refractivity contribution in [1.29, 1.82) is 0 Å². The number of benzene rings is 1. The van der Waals surface area contributed by atoms with E-state index in [4.69, 9.17) is 4.74 Å². The van der Waals surface area contributed by atoms with E-state index < -0.39 is 0 Å². The molecular weight excluding hydrogens is 266 g/mol. The second kappa shape index (κ2) is 7.05. The molecule has 0 aromatic heterocycles. The van der Waals surface area contributed by atoms with E-state index in [9.17, 15) is 0 Å². The normalized spacial score (nSPS) is 13.1. The SMILES string of the molecule is CCN(Cc1ccccc1Br)C(C)COC. The van der Waals surface area contributed by atoms with Crippen molar-refractivity contribution in [1.82, 2.24) is 4.90 Å². The van der Waals surface area contributed by atoms with Crippen molar-refractivity contribution < 1.29 is 4.74 Å². The number of likely N-dealkylation sites (N-methyl/N-ethyl adjacent to an activating group) is 1. The number of halogens is 1. The van der Waals surface area contributed by atoms with Crippen LogP contribution in [0.3, 0.4) is 0 Å². The van der Waals surface area contributed by atoms with Crippen molar-refractivity contribution >= 4 is 15.9 Å². The first kappa shape index (κ1) is 13.7. The Morgan fingerprint density at radius 2 is 2.06 bits per heavy atom. The summed E-state index contributed by atoms with van der Waals surface area (Å²) in [4.78, 5) is 2.41. The van der Waals surface area contributed by atoms with Gasteiger partial charge in [-0.1, -0.05) is 41.1 Å². The summed E-state index contributed by atoms with van der Waals surface area (Å²) in [5, 5.41) is 0. The molecule has 2 nitrogen and oxygen atoms in total. The molecule has 0 amide bonds. The van der Waals surface area contributed by atoms with Gasteiger partial charge < -0.3 is 4.74 Å². The maximum atomic E-state index is 5.20. The topological polar surface area (TPSA) is 12.5 Å². The molecule has 0 heterocycles. The van der Waals surface area contributed by atoms with Crippen LogP contribution < -0.4 is 0 Å². The Labute approximate surface area is 107 Å². The van der Waals surface area contributed by atoms with Crippen LogP contribution in [-0.4, -0.2) is 31.2 Å². The quantitative estimate of drug-likeness (QED) is 0.795. The molecule has 0 aliphatic carbocycles.